The van der Waals surface area contributed by atoms with Crippen molar-refractivity contribution >= 4 is 17.4 Å². The van der Waals surface area contributed by atoms with Crippen molar-refractivity contribution in [2.24, 2.45) is 0 Å². The lowest BCUT2D eigenvalue weighted by molar-refractivity contribution is -0.140. The highest BCUT2D eigenvalue weighted by Gasteiger charge is 2.47. The van der Waals surface area contributed by atoms with Gasteiger partial charge in [0.15, 0.2) is 11.5 Å². The molecule has 2 atom stereocenters. The second-order valence-corrected chi connectivity index (χ2v) is 15.4. The van der Waals surface area contributed by atoms with E-state index >= 15 is 4.39 Å². The zero-order chi connectivity index (χ0) is 38.1. The third kappa shape index (κ3) is 6.36. The lowest BCUT2D eigenvalue weighted by Crippen LogP contribution is -2.43. The normalized spacial score (nSPS) is 22.6. The van der Waals surface area contributed by atoms with Gasteiger partial charge in [0.1, 0.15) is 12.4 Å². The minimum absolute atomic E-state index is 0.0911. The van der Waals surface area contributed by atoms with Gasteiger partial charge in [-0.05, 0) is 64.0 Å². The number of benzene rings is 1. The van der Waals surface area contributed by atoms with Crippen molar-refractivity contribution in [1.82, 2.24) is 29.5 Å². The number of nitrogens with two attached hydrogens (primary N) is 1. The van der Waals surface area contributed by atoms with E-state index in [4.69, 9.17) is 30.3 Å². The molecule has 8 rings (SSSR count). The maximum Gasteiger partial charge on any atom is 0.418 e. The Morgan fingerprint density at radius 1 is 1.17 bits per heavy atom. The van der Waals surface area contributed by atoms with E-state index in [0.29, 0.717) is 55.4 Å². The molecule has 1 amide bonds. The summed E-state index contributed by atoms with van der Waals surface area (Å²) in [6.45, 7) is 9.09. The molecule has 1 aromatic carbocycles. The fourth-order valence-corrected chi connectivity index (χ4v) is 8.81. The summed E-state index contributed by atoms with van der Waals surface area (Å²) in [6.07, 6.45) is -1.07. The number of ether oxygens (including phenoxy) is 2. The van der Waals surface area contributed by atoms with Crippen molar-refractivity contribution in [3.05, 3.63) is 68.9 Å². The lowest BCUT2D eigenvalue weighted by Gasteiger charge is -2.33. The van der Waals surface area contributed by atoms with Gasteiger partial charge in [-0.2, -0.15) is 28.2 Å². The highest BCUT2D eigenvalue weighted by Crippen LogP contribution is 2.47. The topological polar surface area (TPSA) is 115 Å². The Hall–Kier alpha value is -4.68. The van der Waals surface area contributed by atoms with Gasteiger partial charge in [-0.15, -0.1) is 5.92 Å². The molecule has 54 heavy (non-hydrogen) atoms. The monoisotopic (exact) mass is 748 g/mol. The van der Waals surface area contributed by atoms with E-state index in [-0.39, 0.29) is 36.4 Å². The maximum atomic E-state index is 15.8. The molecule has 4 aliphatic heterocycles. The van der Waals surface area contributed by atoms with Crippen LogP contribution in [0, 0.1) is 17.7 Å². The molecule has 286 valence electrons. The first-order chi connectivity index (χ1) is 25.8. The summed E-state index contributed by atoms with van der Waals surface area (Å²) >= 11 is 0. The number of alkyl halides is 3. The molecule has 1 saturated carbocycles. The quantitative estimate of drug-likeness (QED) is 0.140. The first-order valence-corrected chi connectivity index (χ1v) is 18.5. The Morgan fingerprint density at radius 3 is 2.69 bits per heavy atom. The number of halogens is 4. The summed E-state index contributed by atoms with van der Waals surface area (Å²) in [7, 11) is 3.43. The van der Waals surface area contributed by atoms with Crippen molar-refractivity contribution in [3.63, 3.8) is 0 Å². The minimum atomic E-state index is -4.93. The van der Waals surface area contributed by atoms with Crippen LogP contribution in [0.15, 0.2) is 18.2 Å². The van der Waals surface area contributed by atoms with Crippen LogP contribution < -0.4 is 15.4 Å². The van der Waals surface area contributed by atoms with Gasteiger partial charge in [0, 0.05) is 62.4 Å². The summed E-state index contributed by atoms with van der Waals surface area (Å²) in [5.41, 5.74) is 7.44. The van der Waals surface area contributed by atoms with Crippen molar-refractivity contribution in [2.75, 3.05) is 51.0 Å². The van der Waals surface area contributed by atoms with E-state index in [2.05, 4.69) is 28.2 Å². The molecule has 0 bridgehead atoms. The van der Waals surface area contributed by atoms with Crippen molar-refractivity contribution in [3.8, 4) is 17.9 Å². The average Bonchev–Trinajstić information content (AvgIpc) is 3.75. The van der Waals surface area contributed by atoms with Crippen LogP contribution in [0.4, 0.5) is 29.1 Å². The van der Waals surface area contributed by atoms with Crippen LogP contribution in [0.3, 0.4) is 0 Å². The first kappa shape index (κ1) is 36.3. The molecule has 2 aromatic heterocycles. The Balaban J connectivity index is 1.21. The molecule has 5 aliphatic rings. The van der Waals surface area contributed by atoms with Crippen molar-refractivity contribution in [2.45, 2.75) is 95.3 Å². The Kier molecular flexibility index (Phi) is 9.12. The van der Waals surface area contributed by atoms with Crippen LogP contribution in [-0.2, 0) is 37.0 Å². The van der Waals surface area contributed by atoms with Gasteiger partial charge >= 0.3 is 12.2 Å². The highest BCUT2D eigenvalue weighted by atomic mass is 19.4. The number of nitrogens with zero attached hydrogens (tertiary/aromatic N) is 7. The minimum Gasteiger partial charge on any atom is -0.461 e. The number of fused-ring (bicyclic) bond motifs is 3. The molecule has 15 heteroatoms. The smallest absolute Gasteiger partial charge is 0.418 e. The third-order valence-corrected chi connectivity index (χ3v) is 11.4. The standard InChI is InChI=1S/C39H44F4N8O3/c1-5-8-24-15-26(44)33(40)31(32(24)39(41,42)43)29-16-27-25(20-53-29)35(46-37(45-27)54-21-38-11-6-13-50(38)18-22(2)17-38)49-12-7-14-51-28(19-49)30(23-9-10-23)34(47-51)36(52)48(3)4/h15,23,29H,2,6-7,9-14,16-21,44H2,1,3-4H3/t29-,38-/m1/s1. The highest BCUT2D eigenvalue weighted by molar-refractivity contribution is 5.94. The number of carbonyl (C=O) groups excluding carboxylic acids is 1. The van der Waals surface area contributed by atoms with E-state index in [1.54, 1.807) is 19.0 Å². The van der Waals surface area contributed by atoms with Crippen molar-refractivity contribution in [1.29, 1.82) is 0 Å². The van der Waals surface area contributed by atoms with Gasteiger partial charge in [0.2, 0.25) is 0 Å². The Bertz CT molecular complexity index is 2100. The van der Waals surface area contributed by atoms with Crippen LogP contribution in [0.25, 0.3) is 0 Å². The molecule has 11 nitrogen and oxygen atoms in total. The molecule has 6 heterocycles. The third-order valence-electron chi connectivity index (χ3n) is 11.4. The number of anilines is 2. The van der Waals surface area contributed by atoms with Gasteiger partial charge in [0.05, 0.1) is 47.4 Å². The molecule has 1 aliphatic carbocycles. The summed E-state index contributed by atoms with van der Waals surface area (Å²) in [6, 6.07) is 1.01. The number of hydrogen-bond donors (Lipinski definition) is 1. The van der Waals surface area contributed by atoms with E-state index in [1.165, 1.54) is 6.92 Å². The summed E-state index contributed by atoms with van der Waals surface area (Å²) in [5.74, 6) is 4.37. The second-order valence-electron chi connectivity index (χ2n) is 15.4. The number of aromatic nitrogens is 4. The molecule has 0 spiro atoms. The number of hydrogen-bond acceptors (Lipinski definition) is 9. The number of carbonyl (C=O) groups is 1. The Morgan fingerprint density at radius 2 is 1.96 bits per heavy atom. The molecular weight excluding hydrogens is 704 g/mol. The van der Waals surface area contributed by atoms with Gasteiger partial charge < -0.3 is 25.0 Å². The van der Waals surface area contributed by atoms with E-state index in [1.807, 2.05) is 4.68 Å². The predicted molar refractivity (Wildman–Crippen MR) is 192 cm³/mol. The molecule has 2 N–H and O–H groups in total. The zero-order valence-electron chi connectivity index (χ0n) is 30.8. The molecule has 0 unspecified atom stereocenters. The summed E-state index contributed by atoms with van der Waals surface area (Å²) in [4.78, 5) is 29.1. The van der Waals surface area contributed by atoms with Gasteiger partial charge in [-0.25, -0.2) is 4.39 Å². The van der Waals surface area contributed by atoms with Crippen LogP contribution in [0.1, 0.15) is 107 Å². The average molecular weight is 749 g/mol. The van der Waals surface area contributed by atoms with Crippen LogP contribution in [-0.4, -0.2) is 81.3 Å². The summed E-state index contributed by atoms with van der Waals surface area (Å²) < 4.78 is 74.3. The van der Waals surface area contributed by atoms with Gasteiger partial charge in [-0.1, -0.05) is 18.1 Å². The van der Waals surface area contributed by atoms with Crippen molar-refractivity contribution < 1.29 is 31.8 Å². The van der Waals surface area contributed by atoms with E-state index in [9.17, 15) is 18.0 Å². The van der Waals surface area contributed by atoms with Crippen LogP contribution in [0.5, 0.6) is 6.01 Å². The second kappa shape index (κ2) is 13.6. The first-order valence-electron chi connectivity index (χ1n) is 18.5. The molecule has 3 fully saturated rings. The number of aryl methyl sites for hydroxylation is 1. The SMILES string of the molecule is C=C1CN2CCC[C@]2(COc2nc3c(c(N4CCCn5nc(C(=O)N(C)C)c(C6CC6)c5C4)n2)CO[C@@H](c2c(F)c(N)cc(C#CC)c2C(F)(F)F)C3)C1. The number of nitrogen functional groups attached to an aromatic ring is 1. The Labute approximate surface area is 311 Å². The zero-order valence-corrected chi connectivity index (χ0v) is 30.8. The molecule has 2 saturated heterocycles. The molecule has 3 aromatic rings. The van der Waals surface area contributed by atoms with Gasteiger partial charge in [0.25, 0.3) is 5.91 Å². The fourth-order valence-electron chi connectivity index (χ4n) is 8.81. The molecular formula is C39H44F4N8O3. The van der Waals surface area contributed by atoms with E-state index < -0.39 is 40.5 Å². The molecule has 0 radical (unpaired) electrons. The maximum absolute atomic E-state index is 15.8. The summed E-state index contributed by atoms with van der Waals surface area (Å²) in [5, 5.41) is 4.80. The number of rotatable bonds is 7. The lowest BCUT2D eigenvalue weighted by atomic mass is 9.90. The predicted octanol–water partition coefficient (Wildman–Crippen LogP) is 5.76. The largest absolute Gasteiger partial charge is 0.461 e. The van der Waals surface area contributed by atoms with Crippen LogP contribution >= 0.6 is 0 Å². The van der Waals surface area contributed by atoms with E-state index in [0.717, 1.165) is 68.1 Å². The van der Waals surface area contributed by atoms with Crippen LogP contribution in [0.2, 0.25) is 0 Å². The fraction of sp³-hybridized carbons (Fsp3) is 0.538. The number of amides is 1. The van der Waals surface area contributed by atoms with Gasteiger partial charge in [-0.3, -0.25) is 14.4 Å².